The molecule has 0 fully saturated rings. The lowest BCUT2D eigenvalue weighted by Crippen LogP contribution is -2.25. The molecule has 0 spiro atoms. The van der Waals surface area contributed by atoms with Crippen molar-refractivity contribution >= 4 is 0 Å². The van der Waals surface area contributed by atoms with Crippen LogP contribution in [0.4, 0.5) is 0 Å². The van der Waals surface area contributed by atoms with Gasteiger partial charge in [0.1, 0.15) is 0 Å². The molecule has 0 heterocycles. The molecule has 0 saturated carbocycles. The summed E-state index contributed by atoms with van der Waals surface area (Å²) >= 11 is 0. The van der Waals surface area contributed by atoms with Gasteiger partial charge < -0.3 is 0 Å². The summed E-state index contributed by atoms with van der Waals surface area (Å²) in [5, 5.41) is 0. The van der Waals surface area contributed by atoms with Crippen molar-refractivity contribution in [3.05, 3.63) is 71.8 Å². The van der Waals surface area contributed by atoms with E-state index in [0.717, 1.165) is 0 Å². The van der Waals surface area contributed by atoms with E-state index in [0.29, 0.717) is 12.5 Å². The van der Waals surface area contributed by atoms with Crippen molar-refractivity contribution in [1.29, 1.82) is 0 Å². The molecule has 0 aliphatic rings. The van der Waals surface area contributed by atoms with Gasteiger partial charge >= 0.3 is 0 Å². The van der Waals surface area contributed by atoms with Crippen LogP contribution >= 0.6 is 0 Å². The van der Waals surface area contributed by atoms with Crippen LogP contribution in [0.2, 0.25) is 0 Å². The van der Waals surface area contributed by atoms with E-state index in [4.69, 9.17) is 4.84 Å². The molecule has 0 saturated heterocycles. The fourth-order valence-electron chi connectivity index (χ4n) is 2.04. The van der Waals surface area contributed by atoms with Gasteiger partial charge in [0.15, 0.2) is 0 Å². The van der Waals surface area contributed by atoms with Crippen molar-refractivity contribution in [3.8, 4) is 0 Å². The Morgan fingerprint density at radius 1 is 0.895 bits per heavy atom. The lowest BCUT2D eigenvalue weighted by Gasteiger charge is -2.22. The highest BCUT2D eigenvalue weighted by molar-refractivity contribution is 5.19. The maximum atomic E-state index is 5.65. The Bertz CT molecular complexity index is 467. The van der Waals surface area contributed by atoms with Crippen molar-refractivity contribution < 1.29 is 4.84 Å². The summed E-state index contributed by atoms with van der Waals surface area (Å²) in [4.78, 5) is 5.65. The van der Waals surface area contributed by atoms with Gasteiger partial charge in [0, 0.05) is 0 Å². The first-order valence-corrected chi connectivity index (χ1v) is 6.73. The summed E-state index contributed by atoms with van der Waals surface area (Å²) in [7, 11) is 0. The van der Waals surface area contributed by atoms with E-state index < -0.39 is 0 Å². The van der Waals surface area contributed by atoms with E-state index in [-0.39, 0.29) is 6.04 Å². The van der Waals surface area contributed by atoms with Crippen LogP contribution < -0.4 is 5.48 Å². The molecule has 0 bridgehead atoms. The Hall–Kier alpha value is -1.64. The van der Waals surface area contributed by atoms with Crippen LogP contribution in [0.15, 0.2) is 60.7 Å². The SMILES string of the molecule is CC(C)C(NOCc1ccccc1)c1ccccc1. The molecule has 2 aromatic carbocycles. The van der Waals surface area contributed by atoms with Crippen molar-refractivity contribution in [2.45, 2.75) is 26.5 Å². The number of hydroxylamine groups is 1. The predicted molar refractivity (Wildman–Crippen MR) is 78.4 cm³/mol. The fourth-order valence-corrected chi connectivity index (χ4v) is 2.04. The van der Waals surface area contributed by atoms with E-state index >= 15 is 0 Å². The van der Waals surface area contributed by atoms with E-state index in [1.165, 1.54) is 11.1 Å². The zero-order valence-corrected chi connectivity index (χ0v) is 11.5. The van der Waals surface area contributed by atoms with Gasteiger partial charge in [0.25, 0.3) is 0 Å². The van der Waals surface area contributed by atoms with Crippen LogP contribution in [0.3, 0.4) is 0 Å². The van der Waals surface area contributed by atoms with Crippen molar-refractivity contribution in [1.82, 2.24) is 5.48 Å². The minimum Gasteiger partial charge on any atom is -0.296 e. The quantitative estimate of drug-likeness (QED) is 0.784. The first kappa shape index (κ1) is 13.8. The molecule has 0 aromatic heterocycles. The summed E-state index contributed by atoms with van der Waals surface area (Å²) in [5.74, 6) is 0.471. The van der Waals surface area contributed by atoms with Gasteiger partial charge in [-0.05, 0) is 17.0 Å². The summed E-state index contributed by atoms with van der Waals surface area (Å²) in [6.07, 6.45) is 0. The summed E-state index contributed by atoms with van der Waals surface area (Å²) < 4.78 is 0. The van der Waals surface area contributed by atoms with Gasteiger partial charge in [0.05, 0.1) is 12.6 Å². The van der Waals surface area contributed by atoms with Crippen LogP contribution in [0, 0.1) is 5.92 Å². The van der Waals surface area contributed by atoms with Gasteiger partial charge in [-0.15, -0.1) is 0 Å². The zero-order chi connectivity index (χ0) is 13.5. The topological polar surface area (TPSA) is 21.3 Å². The second-order valence-electron chi connectivity index (χ2n) is 5.02. The highest BCUT2D eigenvalue weighted by Gasteiger charge is 2.15. The number of nitrogens with one attached hydrogen (secondary N) is 1. The van der Waals surface area contributed by atoms with Gasteiger partial charge in [-0.1, -0.05) is 74.5 Å². The average Bonchev–Trinajstić information content (AvgIpc) is 2.45. The second kappa shape index (κ2) is 7.07. The smallest absolute Gasteiger partial charge is 0.0933 e. The summed E-state index contributed by atoms with van der Waals surface area (Å²) in [6.45, 7) is 4.96. The molecule has 0 radical (unpaired) electrons. The molecular weight excluding hydrogens is 234 g/mol. The molecule has 0 aliphatic carbocycles. The Morgan fingerprint density at radius 2 is 1.47 bits per heavy atom. The Labute approximate surface area is 115 Å². The first-order valence-electron chi connectivity index (χ1n) is 6.73. The Balaban J connectivity index is 1.92. The maximum Gasteiger partial charge on any atom is 0.0933 e. The van der Waals surface area contributed by atoms with E-state index in [1.807, 2.05) is 24.3 Å². The molecule has 1 N–H and O–H groups in total. The van der Waals surface area contributed by atoms with Crippen LogP contribution in [-0.2, 0) is 11.4 Å². The minimum absolute atomic E-state index is 0.213. The number of hydrogen-bond acceptors (Lipinski definition) is 2. The molecule has 100 valence electrons. The molecule has 2 nitrogen and oxygen atoms in total. The molecule has 1 unspecified atom stereocenters. The number of rotatable bonds is 6. The van der Waals surface area contributed by atoms with Gasteiger partial charge in [0.2, 0.25) is 0 Å². The normalized spacial score (nSPS) is 12.6. The highest BCUT2D eigenvalue weighted by atomic mass is 16.6. The highest BCUT2D eigenvalue weighted by Crippen LogP contribution is 2.21. The van der Waals surface area contributed by atoms with Crippen LogP contribution in [0.25, 0.3) is 0 Å². The minimum atomic E-state index is 0.213. The summed E-state index contributed by atoms with van der Waals surface area (Å²) in [5.41, 5.74) is 5.61. The molecular formula is C17H21NO. The largest absolute Gasteiger partial charge is 0.296 e. The standard InChI is InChI=1S/C17H21NO/c1-14(2)17(16-11-7-4-8-12-16)18-19-13-15-9-5-3-6-10-15/h3-12,14,17-18H,13H2,1-2H3. The molecule has 2 heteroatoms. The molecule has 2 aromatic rings. The van der Waals surface area contributed by atoms with Crippen LogP contribution in [0.5, 0.6) is 0 Å². The third kappa shape index (κ3) is 4.19. The van der Waals surface area contributed by atoms with Gasteiger partial charge in [-0.3, -0.25) is 4.84 Å². The van der Waals surface area contributed by atoms with Crippen LogP contribution in [0.1, 0.15) is 31.0 Å². The maximum absolute atomic E-state index is 5.65. The van der Waals surface area contributed by atoms with Crippen molar-refractivity contribution in [2.24, 2.45) is 5.92 Å². The van der Waals surface area contributed by atoms with Gasteiger partial charge in [-0.2, -0.15) is 5.48 Å². The van der Waals surface area contributed by atoms with Crippen molar-refractivity contribution in [3.63, 3.8) is 0 Å². The third-order valence-corrected chi connectivity index (χ3v) is 3.12. The second-order valence-corrected chi connectivity index (χ2v) is 5.02. The Morgan fingerprint density at radius 3 is 2.05 bits per heavy atom. The lowest BCUT2D eigenvalue weighted by molar-refractivity contribution is -0.00779. The van der Waals surface area contributed by atoms with E-state index in [2.05, 4.69) is 55.7 Å². The molecule has 0 amide bonds. The lowest BCUT2D eigenvalue weighted by atomic mass is 9.97. The molecule has 1 atom stereocenters. The number of hydrogen-bond donors (Lipinski definition) is 1. The monoisotopic (exact) mass is 255 g/mol. The predicted octanol–water partition coefficient (Wildman–Crippen LogP) is 4.11. The van der Waals surface area contributed by atoms with Crippen molar-refractivity contribution in [2.75, 3.05) is 0 Å². The number of benzene rings is 2. The van der Waals surface area contributed by atoms with E-state index in [1.54, 1.807) is 0 Å². The molecule has 19 heavy (non-hydrogen) atoms. The zero-order valence-electron chi connectivity index (χ0n) is 11.5. The Kier molecular flexibility index (Phi) is 5.13. The fraction of sp³-hybridized carbons (Fsp3) is 0.294. The van der Waals surface area contributed by atoms with Crippen LogP contribution in [-0.4, -0.2) is 0 Å². The van der Waals surface area contributed by atoms with E-state index in [9.17, 15) is 0 Å². The summed E-state index contributed by atoms with van der Waals surface area (Å²) in [6, 6.07) is 20.8. The third-order valence-electron chi connectivity index (χ3n) is 3.12. The molecule has 2 rings (SSSR count). The average molecular weight is 255 g/mol. The first-order chi connectivity index (χ1) is 9.27. The van der Waals surface area contributed by atoms with Gasteiger partial charge in [-0.25, -0.2) is 0 Å². The molecule has 0 aliphatic heterocycles.